The summed E-state index contributed by atoms with van der Waals surface area (Å²) in [4.78, 5) is 5.04. The van der Waals surface area contributed by atoms with Gasteiger partial charge in [0, 0.05) is 39.3 Å². The average Bonchev–Trinajstić information content (AvgIpc) is 2.28. The van der Waals surface area contributed by atoms with Crippen LogP contribution in [0.5, 0.6) is 0 Å². The Morgan fingerprint density at radius 1 is 0.867 bits per heavy atom. The van der Waals surface area contributed by atoms with E-state index >= 15 is 0 Å². The van der Waals surface area contributed by atoms with Gasteiger partial charge in [-0.1, -0.05) is 31.2 Å². The Morgan fingerprint density at radius 3 is 1.87 bits per heavy atom. The zero-order valence-electron chi connectivity index (χ0n) is 10.2. The summed E-state index contributed by atoms with van der Waals surface area (Å²) in [5, 5.41) is 0. The molecule has 0 aromatic heterocycles. The molecule has 1 saturated heterocycles. The van der Waals surface area contributed by atoms with Gasteiger partial charge in [-0.3, -0.25) is 9.80 Å². The highest BCUT2D eigenvalue weighted by molar-refractivity contribution is 4.87. The lowest BCUT2D eigenvalue weighted by Gasteiger charge is -2.33. The van der Waals surface area contributed by atoms with Crippen molar-refractivity contribution in [2.75, 3.05) is 39.3 Å². The molecule has 15 heavy (non-hydrogen) atoms. The van der Waals surface area contributed by atoms with Gasteiger partial charge in [0.25, 0.3) is 0 Å². The van der Waals surface area contributed by atoms with Gasteiger partial charge in [-0.05, 0) is 13.3 Å². The summed E-state index contributed by atoms with van der Waals surface area (Å²) < 4.78 is 0. The fourth-order valence-corrected chi connectivity index (χ4v) is 1.80. The maximum absolute atomic E-state index is 2.53. The summed E-state index contributed by atoms with van der Waals surface area (Å²) in [7, 11) is 0. The van der Waals surface area contributed by atoms with Crippen LogP contribution in [0.4, 0.5) is 0 Å². The minimum absolute atomic E-state index is 1.12. The lowest BCUT2D eigenvalue weighted by molar-refractivity contribution is 0.153. The van der Waals surface area contributed by atoms with Gasteiger partial charge in [0.1, 0.15) is 0 Å². The maximum atomic E-state index is 2.53. The van der Waals surface area contributed by atoms with Crippen molar-refractivity contribution in [1.29, 1.82) is 0 Å². The molecule has 1 rings (SSSR count). The summed E-state index contributed by atoms with van der Waals surface area (Å²) in [6, 6.07) is 0. The molecule has 1 heterocycles. The Hall–Kier alpha value is -0.600. The summed E-state index contributed by atoms with van der Waals surface area (Å²) in [6.07, 6.45) is 10.1. The highest BCUT2D eigenvalue weighted by Gasteiger charge is 2.13. The first-order valence-corrected chi connectivity index (χ1v) is 6.07. The second-order valence-corrected chi connectivity index (χ2v) is 4.05. The molecular weight excluding hydrogens is 184 g/mol. The lowest BCUT2D eigenvalue weighted by atomic mass is 10.3. The largest absolute Gasteiger partial charge is 0.297 e. The van der Waals surface area contributed by atoms with Crippen LogP contribution in [0.3, 0.4) is 0 Å². The molecular formula is C13H24N2. The monoisotopic (exact) mass is 208 g/mol. The van der Waals surface area contributed by atoms with Crippen molar-refractivity contribution in [3.63, 3.8) is 0 Å². The van der Waals surface area contributed by atoms with Crippen molar-refractivity contribution >= 4 is 0 Å². The van der Waals surface area contributed by atoms with Gasteiger partial charge in [-0.25, -0.2) is 0 Å². The highest BCUT2D eigenvalue weighted by atomic mass is 15.3. The quantitative estimate of drug-likeness (QED) is 0.639. The molecule has 2 heteroatoms. The second-order valence-electron chi connectivity index (χ2n) is 4.05. The molecule has 2 nitrogen and oxygen atoms in total. The van der Waals surface area contributed by atoms with Gasteiger partial charge in [-0.15, -0.1) is 0 Å². The number of rotatable bonds is 5. The van der Waals surface area contributed by atoms with E-state index in [4.69, 9.17) is 0 Å². The third kappa shape index (κ3) is 5.14. The number of hydrogen-bond donors (Lipinski definition) is 0. The van der Waals surface area contributed by atoms with Crippen LogP contribution in [0, 0.1) is 0 Å². The molecule has 0 bridgehead atoms. The fraction of sp³-hybridized carbons (Fsp3) is 0.692. The van der Waals surface area contributed by atoms with Crippen LogP contribution < -0.4 is 0 Å². The van der Waals surface area contributed by atoms with Crippen LogP contribution >= 0.6 is 0 Å². The number of allylic oxidation sites excluding steroid dienone is 2. The van der Waals surface area contributed by atoms with Crippen LogP contribution in [0.1, 0.15) is 20.3 Å². The predicted octanol–water partition coefficient (Wildman–Crippen LogP) is 2.15. The smallest absolute Gasteiger partial charge is 0.0164 e. The van der Waals surface area contributed by atoms with E-state index in [1.54, 1.807) is 0 Å². The molecule has 0 unspecified atom stereocenters. The van der Waals surface area contributed by atoms with E-state index in [1.807, 2.05) is 0 Å². The van der Waals surface area contributed by atoms with Gasteiger partial charge in [0.15, 0.2) is 0 Å². The molecule has 0 saturated carbocycles. The van der Waals surface area contributed by atoms with Crippen LogP contribution in [0.2, 0.25) is 0 Å². The second kappa shape index (κ2) is 7.66. The molecule has 0 aliphatic carbocycles. The zero-order valence-corrected chi connectivity index (χ0v) is 10.2. The third-order valence-electron chi connectivity index (χ3n) is 2.83. The maximum Gasteiger partial charge on any atom is 0.0164 e. The van der Waals surface area contributed by atoms with Crippen LogP contribution in [0.25, 0.3) is 0 Å². The molecule has 0 atom stereocenters. The zero-order chi connectivity index (χ0) is 10.9. The summed E-state index contributed by atoms with van der Waals surface area (Å²) >= 11 is 0. The predicted molar refractivity (Wildman–Crippen MR) is 67.1 cm³/mol. The molecule has 0 aromatic rings. The minimum Gasteiger partial charge on any atom is -0.297 e. The Balaban J connectivity index is 2.15. The Morgan fingerprint density at radius 2 is 1.40 bits per heavy atom. The van der Waals surface area contributed by atoms with Crippen molar-refractivity contribution in [2.45, 2.75) is 20.3 Å². The molecule has 1 aliphatic heterocycles. The van der Waals surface area contributed by atoms with Gasteiger partial charge in [-0.2, -0.15) is 0 Å². The average molecular weight is 208 g/mol. The van der Waals surface area contributed by atoms with E-state index in [2.05, 4.69) is 48.0 Å². The topological polar surface area (TPSA) is 6.48 Å². The van der Waals surface area contributed by atoms with Crippen LogP contribution in [-0.2, 0) is 0 Å². The number of hydrogen-bond acceptors (Lipinski definition) is 2. The summed E-state index contributed by atoms with van der Waals surface area (Å²) in [5.74, 6) is 0. The normalized spacial score (nSPS) is 20.7. The van der Waals surface area contributed by atoms with Gasteiger partial charge in [0.05, 0.1) is 0 Å². The minimum atomic E-state index is 1.12. The molecule has 0 aromatic carbocycles. The van der Waals surface area contributed by atoms with Crippen molar-refractivity contribution in [3.8, 4) is 0 Å². The Bertz CT molecular complexity index is 201. The van der Waals surface area contributed by atoms with Crippen molar-refractivity contribution in [2.24, 2.45) is 0 Å². The van der Waals surface area contributed by atoms with E-state index in [9.17, 15) is 0 Å². The fourth-order valence-electron chi connectivity index (χ4n) is 1.80. The van der Waals surface area contributed by atoms with E-state index < -0.39 is 0 Å². The van der Waals surface area contributed by atoms with Crippen LogP contribution in [-0.4, -0.2) is 49.1 Å². The Kier molecular flexibility index (Phi) is 6.37. The Labute approximate surface area is 94.3 Å². The van der Waals surface area contributed by atoms with E-state index in [0.29, 0.717) is 0 Å². The standard InChI is InChI=1S/C13H24N2/c1-3-5-7-9-15-12-10-14(11-13-15)8-6-4-2/h4-7H,3,8-13H2,1-2H3/b6-4+,7-5+. The third-order valence-corrected chi connectivity index (χ3v) is 2.83. The van der Waals surface area contributed by atoms with Gasteiger partial charge < -0.3 is 0 Å². The summed E-state index contributed by atoms with van der Waals surface area (Å²) in [5.41, 5.74) is 0. The first kappa shape index (κ1) is 12.5. The van der Waals surface area contributed by atoms with Crippen molar-refractivity contribution in [1.82, 2.24) is 9.80 Å². The number of nitrogens with zero attached hydrogens (tertiary/aromatic N) is 2. The van der Waals surface area contributed by atoms with E-state index in [-0.39, 0.29) is 0 Å². The molecule has 0 N–H and O–H groups in total. The molecule has 0 amide bonds. The molecule has 86 valence electrons. The van der Waals surface area contributed by atoms with Crippen molar-refractivity contribution in [3.05, 3.63) is 24.3 Å². The van der Waals surface area contributed by atoms with Crippen molar-refractivity contribution < 1.29 is 0 Å². The highest BCUT2D eigenvalue weighted by Crippen LogP contribution is 2.01. The molecule has 1 aliphatic rings. The van der Waals surface area contributed by atoms with Crippen LogP contribution in [0.15, 0.2) is 24.3 Å². The first-order valence-electron chi connectivity index (χ1n) is 6.07. The molecule has 0 spiro atoms. The molecule has 0 radical (unpaired) electrons. The summed E-state index contributed by atoms with van der Waals surface area (Å²) in [6.45, 7) is 11.4. The first-order chi connectivity index (χ1) is 7.36. The SMILES string of the molecule is C/C=C/CN1CCN(C/C=C/CC)CC1. The lowest BCUT2D eigenvalue weighted by Crippen LogP contribution is -2.46. The van der Waals surface area contributed by atoms with E-state index in [0.717, 1.165) is 19.5 Å². The molecule has 1 fully saturated rings. The number of piperazine rings is 1. The van der Waals surface area contributed by atoms with Gasteiger partial charge >= 0.3 is 0 Å². The van der Waals surface area contributed by atoms with Gasteiger partial charge in [0.2, 0.25) is 0 Å². The van der Waals surface area contributed by atoms with E-state index in [1.165, 1.54) is 26.2 Å².